The van der Waals surface area contributed by atoms with Crippen LogP contribution in [0.5, 0.6) is 11.5 Å². The van der Waals surface area contributed by atoms with Crippen molar-refractivity contribution >= 4 is 13.7 Å². The Kier molecular flexibility index (Phi) is 7.28. The quantitative estimate of drug-likeness (QED) is 0.371. The molecule has 0 aliphatic rings. The molecular formula is C23H24NO5P. The minimum absolute atomic E-state index is 0.119. The number of carbonyl (C=O) groups excluding carboxylic acids is 1. The number of para-hydroxylation sites is 1. The second-order valence-corrected chi connectivity index (χ2v) is 8.37. The highest BCUT2D eigenvalue weighted by Gasteiger charge is 2.33. The summed E-state index contributed by atoms with van der Waals surface area (Å²) in [5, 5.41) is 2.68. The van der Waals surface area contributed by atoms with Crippen molar-refractivity contribution in [2.24, 2.45) is 0 Å². The molecule has 0 saturated heterocycles. The Morgan fingerprint density at radius 2 is 1.40 bits per heavy atom. The summed E-state index contributed by atoms with van der Waals surface area (Å²) in [5.41, 5.74) is 1.89. The molecule has 0 aliphatic heterocycles. The van der Waals surface area contributed by atoms with E-state index < -0.39 is 19.8 Å². The number of esters is 1. The molecule has 0 aliphatic carbocycles. The Balaban J connectivity index is 1.71. The van der Waals surface area contributed by atoms with E-state index in [4.69, 9.17) is 13.8 Å². The lowest BCUT2D eigenvalue weighted by molar-refractivity contribution is -0.146. The highest BCUT2D eigenvalue weighted by molar-refractivity contribution is 7.52. The summed E-state index contributed by atoms with van der Waals surface area (Å²) in [4.78, 5) is 12.4. The first-order valence-electron chi connectivity index (χ1n) is 9.53. The second-order valence-electron chi connectivity index (χ2n) is 6.75. The van der Waals surface area contributed by atoms with Gasteiger partial charge in [-0.3, -0.25) is 4.79 Å². The van der Waals surface area contributed by atoms with Crippen molar-refractivity contribution in [3.8, 4) is 11.5 Å². The summed E-state index contributed by atoms with van der Waals surface area (Å²) in [6.45, 7) is 3.61. The largest absolute Gasteiger partial charge is 0.513 e. The molecule has 6 nitrogen and oxygen atoms in total. The summed E-state index contributed by atoms with van der Waals surface area (Å²) in [5.74, 6) is 0.144. The molecule has 2 atom stereocenters. The summed E-state index contributed by atoms with van der Waals surface area (Å²) < 4.78 is 30.1. The van der Waals surface area contributed by atoms with Crippen LogP contribution in [0.1, 0.15) is 18.1 Å². The molecular weight excluding hydrogens is 401 g/mol. The first-order chi connectivity index (χ1) is 14.4. The molecule has 3 aromatic carbocycles. The average molecular weight is 425 g/mol. The molecule has 0 bridgehead atoms. The molecule has 1 unspecified atom stereocenters. The van der Waals surface area contributed by atoms with Crippen LogP contribution in [0.2, 0.25) is 0 Å². The van der Waals surface area contributed by atoms with Crippen LogP contribution in [0, 0.1) is 6.92 Å². The van der Waals surface area contributed by atoms with E-state index in [9.17, 15) is 9.36 Å². The molecule has 3 aromatic rings. The number of hydrogen-bond donors (Lipinski definition) is 1. The van der Waals surface area contributed by atoms with E-state index in [1.807, 2.05) is 55.5 Å². The van der Waals surface area contributed by atoms with E-state index in [0.29, 0.717) is 11.5 Å². The van der Waals surface area contributed by atoms with Gasteiger partial charge in [0.25, 0.3) is 0 Å². The fraction of sp³-hybridized carbons (Fsp3) is 0.174. The van der Waals surface area contributed by atoms with E-state index in [-0.39, 0.29) is 6.61 Å². The Bertz CT molecular complexity index is 993. The molecule has 0 amide bonds. The molecule has 30 heavy (non-hydrogen) atoms. The lowest BCUT2D eigenvalue weighted by Gasteiger charge is -2.23. The number of rotatable bonds is 9. The van der Waals surface area contributed by atoms with E-state index in [0.717, 1.165) is 11.1 Å². The molecule has 0 heterocycles. The first kappa shape index (κ1) is 21.6. The summed E-state index contributed by atoms with van der Waals surface area (Å²) in [7, 11) is -3.93. The molecule has 0 aromatic heterocycles. The Morgan fingerprint density at radius 1 is 0.867 bits per heavy atom. The van der Waals surface area contributed by atoms with E-state index in [2.05, 4.69) is 5.09 Å². The van der Waals surface area contributed by atoms with Crippen molar-refractivity contribution in [2.45, 2.75) is 26.5 Å². The normalized spacial score (nSPS) is 13.7. The van der Waals surface area contributed by atoms with Crippen molar-refractivity contribution < 1.29 is 23.1 Å². The fourth-order valence-electron chi connectivity index (χ4n) is 2.57. The van der Waals surface area contributed by atoms with Gasteiger partial charge in [-0.2, -0.15) is 5.09 Å². The zero-order valence-electron chi connectivity index (χ0n) is 16.9. The topological polar surface area (TPSA) is 73.9 Å². The van der Waals surface area contributed by atoms with Crippen LogP contribution in [0.3, 0.4) is 0 Å². The minimum Gasteiger partial charge on any atom is -0.460 e. The third-order valence-corrected chi connectivity index (χ3v) is 5.75. The van der Waals surface area contributed by atoms with Crippen LogP contribution in [0.15, 0.2) is 84.9 Å². The summed E-state index contributed by atoms with van der Waals surface area (Å²) >= 11 is 0. The molecule has 0 radical (unpaired) electrons. The van der Waals surface area contributed by atoms with Crippen LogP contribution in [-0.2, 0) is 20.7 Å². The number of benzene rings is 3. The number of ether oxygens (including phenoxy) is 1. The van der Waals surface area contributed by atoms with Crippen molar-refractivity contribution in [3.63, 3.8) is 0 Å². The van der Waals surface area contributed by atoms with Gasteiger partial charge in [0.1, 0.15) is 24.1 Å². The predicted octanol–water partition coefficient (Wildman–Crippen LogP) is 5.28. The smallest absolute Gasteiger partial charge is 0.460 e. The Morgan fingerprint density at radius 3 is 2.00 bits per heavy atom. The highest BCUT2D eigenvalue weighted by atomic mass is 31.2. The fourth-order valence-corrected chi connectivity index (χ4v) is 4.09. The summed E-state index contributed by atoms with van der Waals surface area (Å²) in [6.07, 6.45) is 0. The predicted molar refractivity (Wildman–Crippen MR) is 115 cm³/mol. The Labute approximate surface area is 176 Å². The maximum absolute atomic E-state index is 13.5. The van der Waals surface area contributed by atoms with Crippen LogP contribution in [0.4, 0.5) is 0 Å². The second kappa shape index (κ2) is 10.1. The molecule has 156 valence electrons. The van der Waals surface area contributed by atoms with Gasteiger partial charge in [0.15, 0.2) is 0 Å². The van der Waals surface area contributed by atoms with Gasteiger partial charge in [0, 0.05) is 0 Å². The molecule has 0 fully saturated rings. The van der Waals surface area contributed by atoms with Gasteiger partial charge in [-0.15, -0.1) is 0 Å². The van der Waals surface area contributed by atoms with Gasteiger partial charge in [-0.05, 0) is 43.7 Å². The average Bonchev–Trinajstić information content (AvgIpc) is 2.75. The third kappa shape index (κ3) is 6.48. The van der Waals surface area contributed by atoms with Gasteiger partial charge in [0.2, 0.25) is 0 Å². The molecule has 0 saturated carbocycles. The molecule has 3 rings (SSSR count). The lowest BCUT2D eigenvalue weighted by Crippen LogP contribution is -2.35. The number of hydrogen-bond acceptors (Lipinski definition) is 5. The van der Waals surface area contributed by atoms with Gasteiger partial charge in [0.05, 0.1) is 0 Å². The maximum Gasteiger partial charge on any atom is 0.513 e. The van der Waals surface area contributed by atoms with Gasteiger partial charge < -0.3 is 13.8 Å². The van der Waals surface area contributed by atoms with E-state index >= 15 is 0 Å². The maximum atomic E-state index is 13.5. The van der Waals surface area contributed by atoms with Crippen molar-refractivity contribution in [2.75, 3.05) is 0 Å². The van der Waals surface area contributed by atoms with Gasteiger partial charge in [-0.25, -0.2) is 4.57 Å². The van der Waals surface area contributed by atoms with Crippen LogP contribution < -0.4 is 14.1 Å². The van der Waals surface area contributed by atoms with Crippen molar-refractivity contribution in [3.05, 3.63) is 96.1 Å². The standard InChI is InChI=1S/C23H24NO5P/c1-18-13-15-22(16-14-18)29-30(26,28-21-11-7-4-8-12-21)24-19(2)23(25)27-17-20-9-5-3-6-10-20/h3-16,19H,17H2,1-2H3,(H,24,26)/t19-,30?/m0/s1. The van der Waals surface area contributed by atoms with Crippen molar-refractivity contribution in [1.82, 2.24) is 5.09 Å². The Hall–Kier alpha value is -3.08. The minimum atomic E-state index is -3.93. The number of aryl methyl sites for hydroxylation is 1. The number of carbonyl (C=O) groups is 1. The molecule has 7 heteroatoms. The zero-order valence-corrected chi connectivity index (χ0v) is 17.8. The molecule has 0 spiro atoms. The van der Waals surface area contributed by atoms with Gasteiger partial charge >= 0.3 is 13.7 Å². The molecule has 1 N–H and O–H groups in total. The first-order valence-corrected chi connectivity index (χ1v) is 11.1. The monoisotopic (exact) mass is 425 g/mol. The third-order valence-electron chi connectivity index (χ3n) is 4.14. The SMILES string of the molecule is Cc1ccc(OP(=O)(N[C@@H](C)C(=O)OCc2ccccc2)Oc2ccccc2)cc1. The highest BCUT2D eigenvalue weighted by Crippen LogP contribution is 2.45. The van der Waals surface area contributed by atoms with Crippen LogP contribution in [0.25, 0.3) is 0 Å². The van der Waals surface area contributed by atoms with Crippen LogP contribution >= 0.6 is 7.75 Å². The lowest BCUT2D eigenvalue weighted by atomic mass is 10.2. The number of nitrogens with one attached hydrogen (secondary N) is 1. The van der Waals surface area contributed by atoms with E-state index in [1.54, 1.807) is 43.3 Å². The van der Waals surface area contributed by atoms with Crippen molar-refractivity contribution in [1.29, 1.82) is 0 Å². The summed E-state index contributed by atoms with van der Waals surface area (Å²) in [6, 6.07) is 24.1. The van der Waals surface area contributed by atoms with Gasteiger partial charge in [-0.1, -0.05) is 66.2 Å². The van der Waals surface area contributed by atoms with Crippen LogP contribution in [-0.4, -0.2) is 12.0 Å². The zero-order chi connectivity index (χ0) is 21.4. The van der Waals surface area contributed by atoms with E-state index in [1.165, 1.54) is 0 Å².